The van der Waals surface area contributed by atoms with E-state index in [0.717, 1.165) is 0 Å². The molecule has 144 valence electrons. The Bertz CT molecular complexity index is 279. The predicted octanol–water partition coefficient (Wildman–Crippen LogP) is 1.25. The van der Waals surface area contributed by atoms with E-state index in [9.17, 15) is 19.2 Å². The zero-order chi connectivity index (χ0) is 20.0. The van der Waals surface area contributed by atoms with Gasteiger partial charge in [-0.05, 0) is 0 Å². The molecule has 0 saturated carbocycles. The third-order valence-electron chi connectivity index (χ3n) is 0.690. The van der Waals surface area contributed by atoms with Crippen LogP contribution in [0.25, 0.3) is 0 Å². The molecule has 12 nitrogen and oxygen atoms in total. The molecule has 0 aliphatic heterocycles. The number of rotatable bonds is 4. The highest BCUT2D eigenvalue weighted by molar-refractivity contribution is 6.62. The minimum Gasteiger partial charge on any atom is -0.416 e. The first kappa shape index (κ1) is 30.7. The van der Waals surface area contributed by atoms with E-state index in [1.54, 1.807) is 0 Å². The highest BCUT2D eigenvalue weighted by Gasteiger charge is 1.98. The number of halogens is 4. The van der Waals surface area contributed by atoms with Crippen LogP contribution in [0.4, 0.5) is 19.2 Å². The van der Waals surface area contributed by atoms with E-state index >= 15 is 0 Å². The second-order valence-electron chi connectivity index (χ2n) is 2.05. The summed E-state index contributed by atoms with van der Waals surface area (Å²) in [6.45, 7) is -2.60. The molecule has 0 saturated heterocycles. The van der Waals surface area contributed by atoms with E-state index < -0.39 is 48.9 Å². The van der Waals surface area contributed by atoms with Crippen molar-refractivity contribution in [2.45, 2.75) is 0 Å². The van der Waals surface area contributed by atoms with E-state index in [4.69, 9.17) is 20.4 Å². The lowest BCUT2D eigenvalue weighted by Gasteiger charge is -1.96. The Morgan fingerprint density at radius 3 is 0.750 bits per heavy atom. The van der Waals surface area contributed by atoms with E-state index in [1.165, 1.54) is 0 Å². The predicted molar refractivity (Wildman–Crippen MR) is 77.7 cm³/mol. The van der Waals surface area contributed by atoms with Gasteiger partial charge in [-0.1, -0.05) is 0 Å². The second-order valence-corrected chi connectivity index (χ2v) is 3.28. The highest BCUT2D eigenvalue weighted by Crippen LogP contribution is 1.91. The van der Waals surface area contributed by atoms with Crippen molar-refractivity contribution in [1.29, 1.82) is 0 Å². The molecule has 0 unspecified atom stereocenters. The molecule has 0 amide bonds. The van der Waals surface area contributed by atoms with Crippen LogP contribution in [0.15, 0.2) is 0 Å². The fraction of sp³-hybridized carbons (Fsp3) is 0.500. The van der Waals surface area contributed by atoms with Crippen molar-refractivity contribution in [1.82, 2.24) is 0 Å². The fourth-order valence-corrected chi connectivity index (χ4v) is 0.422. The van der Waals surface area contributed by atoms with Gasteiger partial charge in [0.25, 0.3) is 0 Å². The number of ether oxygens (including phenoxy) is 4. The molecule has 0 aromatic carbocycles. The van der Waals surface area contributed by atoms with Crippen molar-refractivity contribution in [3.63, 3.8) is 0 Å². The summed E-state index contributed by atoms with van der Waals surface area (Å²) in [5, 5.41) is 28.5. The molecule has 0 heterocycles. The first-order valence-electron chi connectivity index (χ1n) is 4.81. The summed E-state index contributed by atoms with van der Waals surface area (Å²) < 4.78 is 15.8. The molecule has 0 aliphatic rings. The molecular weight excluding hydrogens is 430 g/mol. The second kappa shape index (κ2) is 26.8. The maximum absolute atomic E-state index is 9.73. The van der Waals surface area contributed by atoms with Crippen molar-refractivity contribution >= 4 is 68.1 Å². The molecule has 16 heteroatoms. The lowest BCUT2D eigenvalue weighted by molar-refractivity contribution is 0.0464. The minimum absolute atomic E-state index is 0.551. The van der Waals surface area contributed by atoms with Crippen molar-refractivity contribution in [3.05, 3.63) is 0 Å². The monoisotopic (exact) mass is 440 g/mol. The van der Waals surface area contributed by atoms with Crippen LogP contribution in [-0.2, 0) is 18.9 Å². The van der Waals surface area contributed by atoms with Crippen LogP contribution in [-0.4, -0.2) is 69.3 Å². The summed E-state index contributed by atoms with van der Waals surface area (Å²) in [7, 11) is 0. The summed E-state index contributed by atoms with van der Waals surface area (Å²) in [4.78, 5) is 38.9. The lowest BCUT2D eigenvalue weighted by Crippen LogP contribution is -2.02. The summed E-state index contributed by atoms with van der Waals surface area (Å²) in [5.41, 5.74) is -4.19. The molecule has 0 spiro atoms. The zero-order valence-corrected chi connectivity index (χ0v) is 14.4. The maximum atomic E-state index is 9.73. The molecule has 0 atom stereocenters. The minimum atomic E-state index is -1.05. The lowest BCUT2D eigenvalue weighted by atomic mass is 11.3. The summed E-state index contributed by atoms with van der Waals surface area (Å²) in [6, 6.07) is 0. The van der Waals surface area contributed by atoms with E-state index in [-0.39, 0.29) is 0 Å². The van der Waals surface area contributed by atoms with Crippen molar-refractivity contribution in [2.75, 3.05) is 27.2 Å². The molecule has 0 rings (SSSR count). The van der Waals surface area contributed by atoms with Crippen molar-refractivity contribution in [3.8, 4) is 0 Å². The molecular formula is C8H12Cl4O12. The number of hydrogen-bond acceptors (Lipinski definition) is 12. The van der Waals surface area contributed by atoms with Gasteiger partial charge in [0.05, 0.1) is 0 Å². The van der Waals surface area contributed by atoms with Crippen LogP contribution in [0.3, 0.4) is 0 Å². The van der Waals surface area contributed by atoms with Crippen LogP contribution >= 0.6 is 46.4 Å². The summed E-state index contributed by atoms with van der Waals surface area (Å²) in [6.07, 6.45) is 0. The Labute approximate surface area is 154 Å². The fourth-order valence-electron chi connectivity index (χ4n) is 0.244. The summed E-state index contributed by atoms with van der Waals surface area (Å²) >= 11 is 18.7. The number of carbonyl (C=O) groups excluding carboxylic acids is 4. The van der Waals surface area contributed by atoms with Crippen LogP contribution in [0, 0.1) is 0 Å². The normalized spacial score (nSPS) is 7.67. The Hall–Kier alpha value is -1.12. The smallest absolute Gasteiger partial charge is 0.406 e. The SMILES string of the molecule is O=C(Cl)OCOC(=O)Cl.O=C(Cl)OCOC(=O)Cl.OCO.OCO. The average Bonchev–Trinajstić information content (AvgIpc) is 2.39. The third kappa shape index (κ3) is 69.7. The summed E-state index contributed by atoms with van der Waals surface area (Å²) in [5.74, 6) is 0. The molecule has 0 aromatic rings. The average molecular weight is 442 g/mol. The van der Waals surface area contributed by atoms with Crippen molar-refractivity contribution in [2.24, 2.45) is 0 Å². The van der Waals surface area contributed by atoms with E-state index in [2.05, 4.69) is 65.4 Å². The molecule has 4 N–H and O–H groups in total. The molecule has 0 bridgehead atoms. The molecule has 0 aliphatic carbocycles. The van der Waals surface area contributed by atoms with Gasteiger partial charge >= 0.3 is 21.7 Å². The van der Waals surface area contributed by atoms with Gasteiger partial charge in [0.15, 0.2) is 0 Å². The number of aliphatic hydroxyl groups is 4. The first-order chi connectivity index (χ1) is 11.1. The number of carbonyl (C=O) groups is 4. The van der Waals surface area contributed by atoms with Gasteiger partial charge in [-0.3, -0.25) is 0 Å². The van der Waals surface area contributed by atoms with Crippen LogP contribution in [0.5, 0.6) is 0 Å². The van der Waals surface area contributed by atoms with Gasteiger partial charge in [-0.2, -0.15) is 0 Å². The van der Waals surface area contributed by atoms with Gasteiger partial charge in [0, 0.05) is 46.4 Å². The third-order valence-corrected chi connectivity index (χ3v) is 1.13. The topological polar surface area (TPSA) is 186 Å². The van der Waals surface area contributed by atoms with Gasteiger partial charge < -0.3 is 39.4 Å². The molecule has 0 radical (unpaired) electrons. The first-order valence-corrected chi connectivity index (χ1v) is 6.32. The maximum Gasteiger partial charge on any atom is 0.406 e. The Morgan fingerprint density at radius 1 is 0.542 bits per heavy atom. The van der Waals surface area contributed by atoms with Gasteiger partial charge in [-0.15, -0.1) is 0 Å². The van der Waals surface area contributed by atoms with Crippen LogP contribution in [0.2, 0.25) is 0 Å². The van der Waals surface area contributed by atoms with Gasteiger partial charge in [0.1, 0.15) is 13.6 Å². The zero-order valence-electron chi connectivity index (χ0n) is 11.4. The quantitative estimate of drug-likeness (QED) is 0.361. The standard InChI is InChI=1S/2C3H2Cl2O4.2CH4O2/c2*4-2(6)8-1-9-3(5)7;2*2-1-3/h2*1H2;2*2-3H,1H2. The van der Waals surface area contributed by atoms with Gasteiger partial charge in [0.2, 0.25) is 13.6 Å². The van der Waals surface area contributed by atoms with Crippen molar-refractivity contribution < 1.29 is 58.6 Å². The number of aliphatic hydroxyl groups excluding tert-OH is 2. The number of hydrogen-bond donors (Lipinski definition) is 4. The highest BCUT2D eigenvalue weighted by atomic mass is 35.5. The molecule has 0 aromatic heterocycles. The van der Waals surface area contributed by atoms with Gasteiger partial charge in [-0.25, -0.2) is 19.2 Å². The Balaban J connectivity index is -0.000000126. The van der Waals surface area contributed by atoms with Crippen LogP contribution < -0.4 is 0 Å². The van der Waals surface area contributed by atoms with Crippen LogP contribution in [0.1, 0.15) is 0 Å². The molecule has 0 fully saturated rings. The molecule has 24 heavy (non-hydrogen) atoms. The Morgan fingerprint density at radius 2 is 0.667 bits per heavy atom. The van der Waals surface area contributed by atoms with E-state index in [1.807, 2.05) is 0 Å². The Kier molecular flexibility index (Phi) is 34.3. The largest absolute Gasteiger partial charge is 0.416 e. The van der Waals surface area contributed by atoms with E-state index in [0.29, 0.717) is 0 Å².